The SMILES string of the molecule is CN(C)C(=O)c1c(Cl)cc(-c2cnc(N3CCN(C(=O)[C@H](O)c4ccccc4)CC3)c(C#N)c2)cc1Cl. The standard InChI is InChI=1S/C27H25Cl2N5O3/c1-32(2)26(36)23-21(28)13-18(14-22(23)29)20-12-19(15-30)25(31-16-20)33-8-10-34(11-9-33)27(37)24(35)17-6-4-3-5-7-17/h3-7,12-14,16,24,35H,8-11H2,1-2H3/t24-/m1/s1. The number of nitrogens with zero attached hydrogens (tertiary/aromatic N) is 5. The number of carbonyl (C=O) groups excluding carboxylic acids is 2. The maximum Gasteiger partial charge on any atom is 0.256 e. The van der Waals surface area contributed by atoms with Crippen LogP contribution in [0.2, 0.25) is 10.0 Å². The Balaban J connectivity index is 1.50. The molecular formula is C27H25Cl2N5O3. The summed E-state index contributed by atoms with van der Waals surface area (Å²) in [5, 5.41) is 20.7. The fourth-order valence-corrected chi connectivity index (χ4v) is 4.86. The minimum atomic E-state index is -1.21. The van der Waals surface area contributed by atoms with Crippen molar-refractivity contribution < 1.29 is 14.7 Å². The predicted molar refractivity (Wildman–Crippen MR) is 143 cm³/mol. The van der Waals surface area contributed by atoms with E-state index in [1.54, 1.807) is 67.7 Å². The van der Waals surface area contributed by atoms with Crippen LogP contribution in [0, 0.1) is 11.3 Å². The third-order valence-electron chi connectivity index (χ3n) is 6.22. The lowest BCUT2D eigenvalue weighted by molar-refractivity contribution is -0.140. The van der Waals surface area contributed by atoms with Crippen LogP contribution < -0.4 is 4.90 Å². The Morgan fingerprint density at radius 1 is 1.03 bits per heavy atom. The van der Waals surface area contributed by atoms with Crippen molar-refractivity contribution in [2.24, 2.45) is 0 Å². The molecule has 1 aliphatic heterocycles. The van der Waals surface area contributed by atoms with Crippen LogP contribution in [0.1, 0.15) is 27.6 Å². The molecule has 37 heavy (non-hydrogen) atoms. The molecule has 0 saturated carbocycles. The van der Waals surface area contributed by atoms with E-state index in [1.165, 1.54) is 4.90 Å². The topological polar surface area (TPSA) is 101 Å². The molecule has 0 radical (unpaired) electrons. The lowest BCUT2D eigenvalue weighted by Crippen LogP contribution is -2.50. The van der Waals surface area contributed by atoms with Crippen LogP contribution in [0.4, 0.5) is 5.82 Å². The second kappa shape index (κ2) is 11.2. The molecule has 0 aliphatic carbocycles. The molecule has 2 aromatic carbocycles. The first-order valence-corrected chi connectivity index (χ1v) is 12.3. The second-order valence-corrected chi connectivity index (χ2v) is 9.66. The number of carbonyl (C=O) groups is 2. The van der Waals surface area contributed by atoms with Gasteiger partial charge in [-0.3, -0.25) is 9.59 Å². The number of aromatic nitrogens is 1. The van der Waals surface area contributed by atoms with Crippen molar-refractivity contribution in [3.05, 3.63) is 81.5 Å². The summed E-state index contributed by atoms with van der Waals surface area (Å²) in [5.74, 6) is -0.139. The summed E-state index contributed by atoms with van der Waals surface area (Å²) in [6.07, 6.45) is 0.417. The van der Waals surface area contributed by atoms with Crippen molar-refractivity contribution >= 4 is 40.8 Å². The Morgan fingerprint density at radius 2 is 1.65 bits per heavy atom. The van der Waals surface area contributed by atoms with Crippen LogP contribution in [0.15, 0.2) is 54.7 Å². The number of rotatable bonds is 5. The Kier molecular flexibility index (Phi) is 7.98. The first-order chi connectivity index (χ1) is 17.7. The van der Waals surface area contributed by atoms with Gasteiger partial charge in [-0.15, -0.1) is 0 Å². The monoisotopic (exact) mass is 537 g/mol. The first-order valence-electron chi connectivity index (χ1n) is 11.6. The lowest BCUT2D eigenvalue weighted by Gasteiger charge is -2.36. The molecule has 4 rings (SSSR count). The van der Waals surface area contributed by atoms with E-state index in [0.717, 1.165) is 0 Å². The van der Waals surface area contributed by atoms with E-state index in [-0.39, 0.29) is 27.4 Å². The highest BCUT2D eigenvalue weighted by atomic mass is 35.5. The van der Waals surface area contributed by atoms with Gasteiger partial charge in [0.1, 0.15) is 11.9 Å². The van der Waals surface area contributed by atoms with Gasteiger partial charge in [-0.05, 0) is 29.3 Å². The van der Waals surface area contributed by atoms with E-state index < -0.39 is 6.10 Å². The third-order valence-corrected chi connectivity index (χ3v) is 6.82. The van der Waals surface area contributed by atoms with Crippen LogP contribution in [0.25, 0.3) is 11.1 Å². The number of anilines is 1. The molecule has 0 bridgehead atoms. The number of hydrogen-bond donors (Lipinski definition) is 1. The number of hydrogen-bond acceptors (Lipinski definition) is 6. The molecule has 0 unspecified atom stereocenters. The zero-order chi connectivity index (χ0) is 26.7. The molecule has 1 atom stereocenters. The van der Waals surface area contributed by atoms with Gasteiger partial charge in [0.25, 0.3) is 11.8 Å². The van der Waals surface area contributed by atoms with Gasteiger partial charge in [0.2, 0.25) is 0 Å². The van der Waals surface area contributed by atoms with Crippen molar-refractivity contribution in [1.29, 1.82) is 5.26 Å². The van der Waals surface area contributed by atoms with E-state index in [2.05, 4.69) is 11.1 Å². The molecule has 0 spiro atoms. The summed E-state index contributed by atoms with van der Waals surface area (Å²) in [4.78, 5) is 34.7. The predicted octanol–water partition coefficient (Wildman–Crippen LogP) is 4.01. The summed E-state index contributed by atoms with van der Waals surface area (Å²) < 4.78 is 0. The number of aliphatic hydroxyl groups excluding tert-OH is 1. The molecule has 2 amide bonds. The van der Waals surface area contributed by atoms with Gasteiger partial charge in [-0.2, -0.15) is 5.26 Å². The fraction of sp³-hybridized carbons (Fsp3) is 0.259. The van der Waals surface area contributed by atoms with Gasteiger partial charge in [0.05, 0.1) is 21.2 Å². The number of pyridine rings is 1. The zero-order valence-electron chi connectivity index (χ0n) is 20.4. The van der Waals surface area contributed by atoms with Crippen molar-refractivity contribution in [2.45, 2.75) is 6.10 Å². The minimum absolute atomic E-state index is 0.210. The van der Waals surface area contributed by atoms with E-state index in [0.29, 0.717) is 54.3 Å². The number of amides is 2. The Labute approximate surface area is 225 Å². The van der Waals surface area contributed by atoms with Gasteiger partial charge < -0.3 is 19.8 Å². The lowest BCUT2D eigenvalue weighted by atomic mass is 10.0. The first kappa shape index (κ1) is 26.4. The number of aliphatic hydroxyl groups is 1. The average molecular weight is 538 g/mol. The summed E-state index contributed by atoms with van der Waals surface area (Å²) in [5.41, 5.74) is 2.39. The van der Waals surface area contributed by atoms with Gasteiger partial charge in [-0.25, -0.2) is 4.98 Å². The van der Waals surface area contributed by atoms with Crippen molar-refractivity contribution in [2.75, 3.05) is 45.2 Å². The molecule has 2 heterocycles. The van der Waals surface area contributed by atoms with Gasteiger partial charge in [-0.1, -0.05) is 53.5 Å². The third kappa shape index (κ3) is 5.54. The van der Waals surface area contributed by atoms with Crippen LogP contribution in [0.3, 0.4) is 0 Å². The maximum atomic E-state index is 12.8. The van der Waals surface area contributed by atoms with Crippen LogP contribution in [-0.4, -0.2) is 72.0 Å². The van der Waals surface area contributed by atoms with E-state index in [4.69, 9.17) is 23.2 Å². The molecule has 1 fully saturated rings. The largest absolute Gasteiger partial charge is 0.378 e. The highest BCUT2D eigenvalue weighted by molar-refractivity contribution is 6.40. The Morgan fingerprint density at radius 3 is 2.22 bits per heavy atom. The Hall–Kier alpha value is -3.64. The second-order valence-electron chi connectivity index (χ2n) is 8.85. The van der Waals surface area contributed by atoms with Crippen LogP contribution in [-0.2, 0) is 4.79 Å². The molecule has 10 heteroatoms. The molecular weight excluding hydrogens is 513 g/mol. The normalized spacial score (nSPS) is 14.2. The number of nitriles is 1. The number of benzene rings is 2. The molecule has 1 N–H and O–H groups in total. The maximum absolute atomic E-state index is 12.8. The molecule has 1 saturated heterocycles. The zero-order valence-corrected chi connectivity index (χ0v) is 21.9. The summed E-state index contributed by atoms with van der Waals surface area (Å²) in [6, 6.07) is 16.0. The van der Waals surface area contributed by atoms with Crippen molar-refractivity contribution in [1.82, 2.24) is 14.8 Å². The van der Waals surface area contributed by atoms with E-state index >= 15 is 0 Å². The van der Waals surface area contributed by atoms with Gasteiger partial charge >= 0.3 is 0 Å². The molecule has 8 nitrogen and oxygen atoms in total. The summed E-state index contributed by atoms with van der Waals surface area (Å²) >= 11 is 12.8. The highest BCUT2D eigenvalue weighted by Gasteiger charge is 2.28. The fourth-order valence-electron chi connectivity index (χ4n) is 4.21. The Bertz CT molecular complexity index is 1340. The van der Waals surface area contributed by atoms with E-state index in [9.17, 15) is 20.0 Å². The summed E-state index contributed by atoms with van der Waals surface area (Å²) in [7, 11) is 3.23. The van der Waals surface area contributed by atoms with Crippen molar-refractivity contribution in [3.63, 3.8) is 0 Å². The summed E-state index contributed by atoms with van der Waals surface area (Å²) in [6.45, 7) is 1.72. The van der Waals surface area contributed by atoms with Crippen LogP contribution >= 0.6 is 23.2 Å². The molecule has 1 aromatic heterocycles. The smallest absolute Gasteiger partial charge is 0.256 e. The number of halogens is 2. The quantitative estimate of drug-likeness (QED) is 0.527. The molecule has 190 valence electrons. The number of piperazine rings is 1. The van der Waals surface area contributed by atoms with Crippen LogP contribution in [0.5, 0.6) is 0 Å². The molecule has 1 aliphatic rings. The molecule has 3 aromatic rings. The van der Waals surface area contributed by atoms with Gasteiger partial charge in [0, 0.05) is 52.0 Å². The minimum Gasteiger partial charge on any atom is -0.378 e. The van der Waals surface area contributed by atoms with Crippen molar-refractivity contribution in [3.8, 4) is 17.2 Å². The van der Waals surface area contributed by atoms with Gasteiger partial charge in [0.15, 0.2) is 6.10 Å². The average Bonchev–Trinajstić information content (AvgIpc) is 2.91. The van der Waals surface area contributed by atoms with E-state index in [1.807, 2.05) is 11.0 Å². The highest BCUT2D eigenvalue weighted by Crippen LogP contribution is 2.34.